The largest absolute Gasteiger partial charge is 0.508 e. The van der Waals surface area contributed by atoms with Gasteiger partial charge in [0.2, 0.25) is 0 Å². The number of hydrogen-bond acceptors (Lipinski definition) is 12. The molecule has 0 spiro atoms. The van der Waals surface area contributed by atoms with Crippen molar-refractivity contribution in [3.8, 4) is 23.0 Å². The van der Waals surface area contributed by atoms with Crippen LogP contribution >= 0.6 is 0 Å². The number of benzene rings is 3. The first-order chi connectivity index (χ1) is 27.9. The molecule has 0 aromatic heterocycles. The summed E-state index contributed by atoms with van der Waals surface area (Å²) in [6.07, 6.45) is 3.90. The number of epoxide rings is 6. The molecule has 0 aliphatic carbocycles. The third-order valence-corrected chi connectivity index (χ3v) is 7.02. The Morgan fingerprint density at radius 3 is 1.42 bits per heavy atom. The van der Waals surface area contributed by atoms with Crippen molar-refractivity contribution in [1.82, 2.24) is 0 Å². The van der Waals surface area contributed by atoms with Gasteiger partial charge in [-0.15, -0.1) is 5.56 Å². The third kappa shape index (κ3) is 43.1. The van der Waals surface area contributed by atoms with Gasteiger partial charge in [0, 0.05) is 137 Å². The summed E-state index contributed by atoms with van der Waals surface area (Å²) in [7, 11) is 0. The van der Waals surface area contributed by atoms with Crippen LogP contribution in [0.25, 0.3) is 0 Å². The Morgan fingerprint density at radius 2 is 1.05 bits per heavy atom. The van der Waals surface area contributed by atoms with Gasteiger partial charge in [0.1, 0.15) is 35.2 Å². The Labute approximate surface area is 436 Å². The van der Waals surface area contributed by atoms with Gasteiger partial charge in [-0.05, 0) is 48.6 Å². The fourth-order valence-electron chi connectivity index (χ4n) is 3.50. The Hall–Kier alpha value is -0.148. The minimum Gasteiger partial charge on any atom is -0.508 e. The van der Waals surface area contributed by atoms with Gasteiger partial charge in [0.25, 0.3) is 0 Å². The molecule has 3 N–H and O–H groups in total. The number of aliphatic hydroxyl groups is 1. The van der Waals surface area contributed by atoms with Crippen LogP contribution in [0.4, 0.5) is 0 Å². The molecular weight excluding hydrogens is 999 g/mol. The van der Waals surface area contributed by atoms with Crippen molar-refractivity contribution < 1.29 is 156 Å². The van der Waals surface area contributed by atoms with E-state index in [2.05, 4.69) is 34.1 Å². The molecule has 0 saturated carbocycles. The molecule has 6 unspecified atom stereocenters. The zero-order valence-electron chi connectivity index (χ0n) is 36.7. The van der Waals surface area contributed by atoms with Gasteiger partial charge in [0.05, 0.1) is 65.1 Å². The first kappa shape index (κ1) is 64.1. The quantitative estimate of drug-likeness (QED) is 0.115. The predicted molar refractivity (Wildman–Crippen MR) is 222 cm³/mol. The van der Waals surface area contributed by atoms with Crippen molar-refractivity contribution in [2.45, 2.75) is 97.6 Å². The summed E-state index contributed by atoms with van der Waals surface area (Å²) in [5.74, 6) is 2.00. The van der Waals surface area contributed by atoms with Crippen LogP contribution in [-0.4, -0.2) is 118 Å². The van der Waals surface area contributed by atoms with E-state index in [1.54, 1.807) is 42.5 Å². The van der Waals surface area contributed by atoms with E-state index >= 15 is 0 Å². The van der Waals surface area contributed by atoms with Crippen LogP contribution in [0.5, 0.6) is 23.0 Å². The van der Waals surface area contributed by atoms with Crippen molar-refractivity contribution in [3.05, 3.63) is 98.3 Å². The van der Waals surface area contributed by atoms with E-state index in [0.717, 1.165) is 63.8 Å². The molecule has 60 heavy (non-hydrogen) atoms. The van der Waals surface area contributed by atoms with Gasteiger partial charge >= 0.3 is 0 Å². The van der Waals surface area contributed by atoms with Gasteiger partial charge in [0.15, 0.2) is 0 Å². The smallest absolute Gasteiger partial charge is 0.122 e. The maximum absolute atomic E-state index is 9.13. The first-order valence-electron chi connectivity index (χ1n) is 20.2. The standard InChI is InChI=1S/2C10H12O3.C10H11O2.C3H6O2.2C3H5O.3C2H6.3Y/c11-8-1-3-9(4-2-8)12-6-5-10-7-13-10;11-8-2-1-3-9(6-8)12-5-4-10-7-13-10;1-2-4-9(5-3-1)6-11-7-10-8-12-10;4-1-3-2-5-3;2*1-3-2-4-3;3*1-2;;;/h1-4,10-11H,5-7H2;1-3,6,10-11H,4-5,7H2;1-4,10H,6-8H2;3-4H,1-2H2;2*3H,1-2H2;3*1-2H3;;;/q;;-1;;2*-1;;;;;;. The predicted octanol–water partition coefficient (Wildman–Crippen LogP) is 7.41. The van der Waals surface area contributed by atoms with Gasteiger partial charge in [-0.1, -0.05) is 47.6 Å². The third-order valence-electron chi connectivity index (χ3n) is 7.02. The fraction of sp³-hybridized carbons (Fsp3) is 0.556. The second-order valence-electron chi connectivity index (χ2n) is 12.1. The monoisotopic (exact) mass is 1070 g/mol. The average molecular weight is 1070 g/mol. The van der Waals surface area contributed by atoms with Crippen LogP contribution in [0.1, 0.15) is 59.9 Å². The van der Waals surface area contributed by atoms with Gasteiger partial charge in [-0.3, -0.25) is 0 Å². The zero-order chi connectivity index (χ0) is 42.1. The normalized spacial score (nSPS) is 21.2. The molecule has 9 rings (SSSR count). The summed E-state index contributed by atoms with van der Waals surface area (Å²) in [5, 5.41) is 26.2. The van der Waals surface area contributed by atoms with Crippen LogP contribution in [0.3, 0.4) is 0 Å². The molecule has 6 heterocycles. The van der Waals surface area contributed by atoms with Crippen molar-refractivity contribution in [1.29, 1.82) is 0 Å². The van der Waals surface area contributed by atoms with Gasteiger partial charge in [-0.2, -0.15) is 30.3 Å². The molecule has 6 aliphatic heterocycles. The van der Waals surface area contributed by atoms with Crippen LogP contribution in [-0.2, 0) is 138 Å². The molecule has 3 radical (unpaired) electrons. The zero-order valence-corrected chi connectivity index (χ0v) is 45.3. The molecule has 6 atom stereocenters. The van der Waals surface area contributed by atoms with E-state index < -0.39 is 0 Å². The van der Waals surface area contributed by atoms with E-state index in [9.17, 15) is 0 Å². The number of phenols is 2. The molecule has 15 heteroatoms. The maximum atomic E-state index is 9.13. The summed E-state index contributed by atoms with van der Waals surface area (Å²) in [4.78, 5) is 0. The van der Waals surface area contributed by atoms with E-state index in [4.69, 9.17) is 43.7 Å². The molecule has 333 valence electrons. The Morgan fingerprint density at radius 1 is 0.583 bits per heavy atom. The summed E-state index contributed by atoms with van der Waals surface area (Å²) < 4.78 is 45.1. The van der Waals surface area contributed by atoms with Gasteiger partial charge in [-0.25, -0.2) is 0 Å². The van der Waals surface area contributed by atoms with E-state index in [1.807, 2.05) is 71.9 Å². The van der Waals surface area contributed by atoms with E-state index in [0.29, 0.717) is 62.7 Å². The van der Waals surface area contributed by atoms with E-state index in [1.165, 1.54) is 0 Å². The summed E-state index contributed by atoms with van der Waals surface area (Å²) in [5.41, 5.74) is 1.10. The topological polar surface area (TPSA) is 164 Å². The minimum atomic E-state index is 0. The number of hydrogen-bond donors (Lipinski definition) is 3. The van der Waals surface area contributed by atoms with Crippen LogP contribution < -0.4 is 9.47 Å². The average Bonchev–Trinajstić information content (AvgIpc) is 4.03. The Kier molecular flexibility index (Phi) is 45.7. The second kappa shape index (κ2) is 42.8. The molecule has 0 amide bonds. The number of aromatic hydroxyl groups is 2. The van der Waals surface area contributed by atoms with Crippen molar-refractivity contribution in [2.24, 2.45) is 0 Å². The second-order valence-corrected chi connectivity index (χ2v) is 12.1. The van der Waals surface area contributed by atoms with E-state index in [-0.39, 0.29) is 122 Å². The molecule has 6 fully saturated rings. The minimum absolute atomic E-state index is 0. The van der Waals surface area contributed by atoms with Crippen molar-refractivity contribution in [3.63, 3.8) is 0 Å². The number of rotatable bonds is 13. The Bertz CT molecular complexity index is 1310. The van der Waals surface area contributed by atoms with Crippen LogP contribution in [0.2, 0.25) is 0 Å². The van der Waals surface area contributed by atoms with Crippen molar-refractivity contribution >= 4 is 0 Å². The Balaban J connectivity index is -0.000000657. The summed E-state index contributed by atoms with van der Waals surface area (Å²) >= 11 is 0. The first-order valence-corrected chi connectivity index (χ1v) is 20.2. The number of aliphatic hydroxyl groups excluding tert-OH is 1. The molecule has 12 nitrogen and oxygen atoms in total. The maximum Gasteiger partial charge on any atom is 0.122 e. The summed E-state index contributed by atoms with van der Waals surface area (Å²) in [6.45, 7) is 27.0. The molecule has 6 saturated heterocycles. The fourth-order valence-corrected chi connectivity index (χ4v) is 3.50. The SMILES string of the molecule is CC.CC.CC.OCC1CO1.Oc1ccc(OCCC2CO2)cc1.Oc1cccc(OCCC2CO2)c1.[CH2-]C1CO1.[CH2-]C1CO1.[Y].[Y].[Y].[c-]1ccccc1COCC1CO1. The number of phenolic OH excluding ortho intramolecular Hbond substituents is 2. The number of ether oxygens (including phenoxy) is 9. The van der Waals surface area contributed by atoms with Crippen molar-refractivity contribution in [2.75, 3.05) is 66.1 Å². The van der Waals surface area contributed by atoms with Crippen LogP contribution in [0, 0.1) is 19.9 Å². The summed E-state index contributed by atoms with van der Waals surface area (Å²) in [6, 6.07) is 24.5. The molecule has 3 aromatic carbocycles. The van der Waals surface area contributed by atoms with Crippen LogP contribution in [0.15, 0.2) is 72.8 Å². The molecule has 3 aromatic rings. The molecule has 6 aliphatic rings. The van der Waals surface area contributed by atoms with Gasteiger partial charge < -0.3 is 71.8 Å². The molecule has 0 bridgehead atoms. The molecular formula is C45H69O12Y3-3.